The van der Waals surface area contributed by atoms with E-state index in [4.69, 9.17) is 5.84 Å². The number of unbranched alkanes of at least 4 members (excludes halogenated alkanes) is 11. The third-order valence-electron chi connectivity index (χ3n) is 3.69. The lowest BCUT2D eigenvalue weighted by molar-refractivity contribution is -0.139. The first-order valence-electron chi connectivity index (χ1n) is 8.76. The van der Waals surface area contributed by atoms with Gasteiger partial charge in [-0.25, -0.2) is 11.3 Å². The maximum atomic E-state index is 11.0. The molecule has 0 heterocycles. The second-order valence-electron chi connectivity index (χ2n) is 5.74. The highest BCUT2D eigenvalue weighted by atomic mass is 16.2. The number of rotatable bonds is 14. The SMILES string of the molecule is CCCCCCCCCCCCCCNNC(=O)C(=O)NN. The Kier molecular flexibility index (Phi) is 15.4. The monoisotopic (exact) mass is 314 g/mol. The minimum atomic E-state index is -0.845. The van der Waals surface area contributed by atoms with E-state index in [1.807, 2.05) is 0 Å². The molecule has 0 spiro atoms. The molecular formula is C16H34N4O2. The molecule has 0 aliphatic heterocycles. The molecule has 0 aromatic rings. The molecule has 0 radical (unpaired) electrons. The van der Waals surface area contributed by atoms with Crippen molar-refractivity contribution in [3.05, 3.63) is 0 Å². The topological polar surface area (TPSA) is 96.2 Å². The Hall–Kier alpha value is -1.14. The van der Waals surface area contributed by atoms with Crippen molar-refractivity contribution in [2.45, 2.75) is 84.0 Å². The van der Waals surface area contributed by atoms with Crippen LogP contribution in [-0.2, 0) is 9.59 Å². The van der Waals surface area contributed by atoms with Gasteiger partial charge in [0.1, 0.15) is 0 Å². The lowest BCUT2D eigenvalue weighted by Crippen LogP contribution is -2.48. The molecule has 0 aliphatic carbocycles. The third kappa shape index (κ3) is 13.8. The van der Waals surface area contributed by atoms with Crippen LogP contribution in [-0.4, -0.2) is 18.4 Å². The Balaban J connectivity index is 3.11. The zero-order chi connectivity index (χ0) is 16.5. The fourth-order valence-corrected chi connectivity index (χ4v) is 2.32. The average Bonchev–Trinajstić information content (AvgIpc) is 2.54. The molecule has 0 saturated carbocycles. The smallest absolute Gasteiger partial charge is 0.286 e. The van der Waals surface area contributed by atoms with E-state index >= 15 is 0 Å². The first-order valence-corrected chi connectivity index (χ1v) is 8.76. The highest BCUT2D eigenvalue weighted by molar-refractivity contribution is 6.34. The van der Waals surface area contributed by atoms with Crippen molar-refractivity contribution in [2.24, 2.45) is 5.84 Å². The van der Waals surface area contributed by atoms with E-state index in [-0.39, 0.29) is 0 Å². The predicted molar refractivity (Wildman–Crippen MR) is 89.6 cm³/mol. The van der Waals surface area contributed by atoms with E-state index in [9.17, 15) is 9.59 Å². The van der Waals surface area contributed by atoms with E-state index in [1.54, 1.807) is 5.43 Å². The molecule has 0 atom stereocenters. The number of carbonyl (C=O) groups is 2. The second kappa shape index (κ2) is 16.2. The van der Waals surface area contributed by atoms with Crippen LogP contribution in [0.5, 0.6) is 0 Å². The van der Waals surface area contributed by atoms with Crippen molar-refractivity contribution in [3.8, 4) is 0 Å². The van der Waals surface area contributed by atoms with Gasteiger partial charge in [-0.15, -0.1) is 0 Å². The van der Waals surface area contributed by atoms with Gasteiger partial charge in [-0.2, -0.15) is 0 Å². The van der Waals surface area contributed by atoms with Crippen LogP contribution in [0.15, 0.2) is 0 Å². The minimum Gasteiger partial charge on any atom is -0.286 e. The fourth-order valence-electron chi connectivity index (χ4n) is 2.32. The lowest BCUT2D eigenvalue weighted by Gasteiger charge is -2.06. The summed E-state index contributed by atoms with van der Waals surface area (Å²) >= 11 is 0. The van der Waals surface area contributed by atoms with Crippen molar-refractivity contribution >= 4 is 11.8 Å². The summed E-state index contributed by atoms with van der Waals surface area (Å²) in [4.78, 5) is 21.8. The van der Waals surface area contributed by atoms with E-state index in [0.29, 0.717) is 6.54 Å². The number of hydrogen-bond donors (Lipinski definition) is 4. The number of nitrogens with one attached hydrogen (secondary N) is 3. The van der Waals surface area contributed by atoms with Crippen molar-refractivity contribution in [1.29, 1.82) is 0 Å². The van der Waals surface area contributed by atoms with Gasteiger partial charge < -0.3 is 0 Å². The van der Waals surface area contributed by atoms with Crippen molar-refractivity contribution in [3.63, 3.8) is 0 Å². The summed E-state index contributed by atoms with van der Waals surface area (Å²) in [6.07, 6.45) is 15.6. The average molecular weight is 314 g/mol. The normalized spacial score (nSPS) is 10.5. The maximum Gasteiger partial charge on any atom is 0.324 e. The van der Waals surface area contributed by atoms with Gasteiger partial charge in [0.15, 0.2) is 0 Å². The van der Waals surface area contributed by atoms with Gasteiger partial charge in [-0.1, -0.05) is 77.6 Å². The standard InChI is InChI=1S/C16H34N4O2/c1-2-3-4-5-6-7-8-9-10-11-12-13-14-18-20-16(22)15(21)19-17/h18H,2-14,17H2,1H3,(H,19,21)(H,20,22). The van der Waals surface area contributed by atoms with Crippen LogP contribution in [0, 0.1) is 0 Å². The largest absolute Gasteiger partial charge is 0.324 e. The molecule has 0 aliphatic rings. The number of hydrogen-bond acceptors (Lipinski definition) is 4. The Morgan fingerprint density at radius 3 is 1.64 bits per heavy atom. The second-order valence-corrected chi connectivity index (χ2v) is 5.74. The Bertz CT molecular complexity index is 285. The fraction of sp³-hybridized carbons (Fsp3) is 0.875. The van der Waals surface area contributed by atoms with Crippen molar-refractivity contribution < 1.29 is 9.59 Å². The van der Waals surface area contributed by atoms with Gasteiger partial charge in [0.05, 0.1) is 0 Å². The summed E-state index contributed by atoms with van der Waals surface area (Å²) in [5.41, 5.74) is 6.79. The maximum absolute atomic E-state index is 11.0. The summed E-state index contributed by atoms with van der Waals surface area (Å²) in [6.45, 7) is 2.92. The Labute approximate surface area is 134 Å². The molecule has 130 valence electrons. The minimum absolute atomic E-state index is 0.668. The molecule has 6 nitrogen and oxygen atoms in total. The summed E-state index contributed by atoms with van der Waals surface area (Å²) in [5.74, 6) is 3.23. The zero-order valence-electron chi connectivity index (χ0n) is 14.1. The van der Waals surface area contributed by atoms with Crippen molar-refractivity contribution in [2.75, 3.05) is 6.54 Å². The molecule has 0 unspecified atom stereocenters. The first kappa shape index (κ1) is 20.9. The van der Waals surface area contributed by atoms with E-state index < -0.39 is 11.8 Å². The van der Waals surface area contributed by atoms with Crippen LogP contribution in [0.1, 0.15) is 84.0 Å². The Morgan fingerprint density at radius 2 is 1.18 bits per heavy atom. The molecular weight excluding hydrogens is 280 g/mol. The molecule has 5 N–H and O–H groups in total. The number of nitrogens with two attached hydrogens (primary N) is 1. The number of amides is 2. The summed E-state index contributed by atoms with van der Waals surface area (Å²) < 4.78 is 0. The molecule has 0 rings (SSSR count). The van der Waals surface area contributed by atoms with Crippen LogP contribution in [0.2, 0.25) is 0 Å². The quantitative estimate of drug-likeness (QED) is 0.130. The van der Waals surface area contributed by atoms with Crippen LogP contribution < -0.4 is 22.1 Å². The molecule has 0 saturated heterocycles. The third-order valence-corrected chi connectivity index (χ3v) is 3.69. The van der Waals surface area contributed by atoms with Crippen molar-refractivity contribution in [1.82, 2.24) is 16.3 Å². The summed E-state index contributed by atoms with van der Waals surface area (Å²) in [7, 11) is 0. The van der Waals surface area contributed by atoms with E-state index in [2.05, 4.69) is 17.8 Å². The Morgan fingerprint density at radius 1 is 0.727 bits per heavy atom. The first-order chi connectivity index (χ1) is 10.7. The van der Waals surface area contributed by atoms with Crippen LogP contribution in [0.3, 0.4) is 0 Å². The molecule has 0 bridgehead atoms. The highest BCUT2D eigenvalue weighted by Gasteiger charge is 2.09. The van der Waals surface area contributed by atoms with E-state index in [1.165, 1.54) is 64.2 Å². The van der Waals surface area contributed by atoms with Crippen LogP contribution >= 0.6 is 0 Å². The molecule has 0 aromatic heterocycles. The van der Waals surface area contributed by atoms with Crippen LogP contribution in [0.4, 0.5) is 0 Å². The zero-order valence-corrected chi connectivity index (χ0v) is 14.1. The van der Waals surface area contributed by atoms with Gasteiger partial charge >= 0.3 is 11.8 Å². The number of hydrazine groups is 2. The van der Waals surface area contributed by atoms with E-state index in [0.717, 1.165) is 12.8 Å². The molecule has 22 heavy (non-hydrogen) atoms. The summed E-state index contributed by atoms with van der Waals surface area (Å²) in [5, 5.41) is 0. The lowest BCUT2D eigenvalue weighted by atomic mass is 10.1. The summed E-state index contributed by atoms with van der Waals surface area (Å²) in [6, 6.07) is 0. The van der Waals surface area contributed by atoms with Crippen LogP contribution in [0.25, 0.3) is 0 Å². The van der Waals surface area contributed by atoms with Gasteiger partial charge in [-0.05, 0) is 6.42 Å². The molecule has 0 aromatic carbocycles. The molecule has 2 amide bonds. The van der Waals surface area contributed by atoms with Gasteiger partial charge in [0.25, 0.3) is 0 Å². The number of carbonyl (C=O) groups excluding carboxylic acids is 2. The van der Waals surface area contributed by atoms with Gasteiger partial charge in [0.2, 0.25) is 0 Å². The highest BCUT2D eigenvalue weighted by Crippen LogP contribution is 2.11. The van der Waals surface area contributed by atoms with Gasteiger partial charge in [0, 0.05) is 6.54 Å². The predicted octanol–water partition coefficient (Wildman–Crippen LogP) is 2.30. The molecule has 6 heteroatoms. The van der Waals surface area contributed by atoms with Gasteiger partial charge in [-0.3, -0.25) is 20.4 Å². The molecule has 0 fully saturated rings.